The number of nitrogens with two attached hydrogens (primary N) is 2. The molecule has 1 saturated carbocycles. The molecule has 2 aromatic rings. The molecule has 104 valence electrons. The van der Waals surface area contributed by atoms with Gasteiger partial charge < -0.3 is 16.2 Å². The summed E-state index contributed by atoms with van der Waals surface area (Å²) in [5.41, 5.74) is 14.7. The molecule has 1 aliphatic carbocycles. The number of nitrogens with zero attached hydrogens (tertiary/aromatic N) is 2. The molecule has 5 heteroatoms. The van der Waals surface area contributed by atoms with Crippen LogP contribution in [0.3, 0.4) is 0 Å². The van der Waals surface area contributed by atoms with E-state index in [1.165, 1.54) is 6.42 Å². The van der Waals surface area contributed by atoms with Gasteiger partial charge in [-0.25, -0.2) is 4.98 Å². The number of ether oxygens (including phenoxy) is 1. The summed E-state index contributed by atoms with van der Waals surface area (Å²) >= 11 is 0. The first kappa shape index (κ1) is 12.7. The first-order chi connectivity index (χ1) is 9.69. The van der Waals surface area contributed by atoms with Gasteiger partial charge in [0.2, 0.25) is 5.95 Å². The predicted molar refractivity (Wildman–Crippen MR) is 79.4 cm³/mol. The van der Waals surface area contributed by atoms with E-state index in [4.69, 9.17) is 16.2 Å². The molecule has 1 heterocycles. The molecular formula is C15H18N4O. The average molecular weight is 270 g/mol. The molecule has 20 heavy (non-hydrogen) atoms. The highest BCUT2D eigenvalue weighted by Crippen LogP contribution is 2.43. The molecule has 1 aromatic heterocycles. The molecule has 4 N–H and O–H groups in total. The third-order valence-electron chi connectivity index (χ3n) is 3.87. The molecule has 0 aliphatic heterocycles. The second kappa shape index (κ2) is 5.00. The lowest BCUT2D eigenvalue weighted by Gasteiger charge is -2.28. The van der Waals surface area contributed by atoms with Crippen molar-refractivity contribution in [2.45, 2.75) is 25.2 Å². The topological polar surface area (TPSA) is 87.0 Å². The summed E-state index contributed by atoms with van der Waals surface area (Å²) in [6, 6.07) is 7.77. The Kier molecular flexibility index (Phi) is 3.18. The summed E-state index contributed by atoms with van der Waals surface area (Å²) in [5.74, 6) is 1.99. The maximum Gasteiger partial charge on any atom is 0.222 e. The standard InChI is InChI=1S/C15H18N4O/c1-20-11-7-5-10(6-8-11)13-12(9-3-2-4-9)14(16)19-15(17)18-13/h5-9H,2-4H2,1H3,(H4,16,17,18,19). The Morgan fingerprint density at radius 2 is 1.80 bits per heavy atom. The highest BCUT2D eigenvalue weighted by molar-refractivity contribution is 5.70. The molecule has 1 aromatic carbocycles. The van der Waals surface area contributed by atoms with E-state index in [0.29, 0.717) is 11.7 Å². The first-order valence-corrected chi connectivity index (χ1v) is 6.76. The van der Waals surface area contributed by atoms with E-state index in [2.05, 4.69) is 9.97 Å². The minimum atomic E-state index is 0.219. The van der Waals surface area contributed by atoms with E-state index in [1.807, 2.05) is 24.3 Å². The van der Waals surface area contributed by atoms with E-state index < -0.39 is 0 Å². The molecule has 5 nitrogen and oxygen atoms in total. The van der Waals surface area contributed by atoms with Crippen LogP contribution in [-0.2, 0) is 0 Å². The van der Waals surface area contributed by atoms with E-state index in [9.17, 15) is 0 Å². The third-order valence-corrected chi connectivity index (χ3v) is 3.87. The van der Waals surface area contributed by atoms with Gasteiger partial charge in [-0.15, -0.1) is 0 Å². The van der Waals surface area contributed by atoms with E-state index in [0.717, 1.165) is 35.4 Å². The van der Waals surface area contributed by atoms with Gasteiger partial charge in [-0.1, -0.05) is 6.42 Å². The summed E-state index contributed by atoms with van der Waals surface area (Å²) < 4.78 is 5.18. The Morgan fingerprint density at radius 1 is 1.10 bits per heavy atom. The predicted octanol–water partition coefficient (Wildman–Crippen LogP) is 2.58. The number of aromatic nitrogens is 2. The van der Waals surface area contributed by atoms with Crippen LogP contribution in [0, 0.1) is 0 Å². The van der Waals surface area contributed by atoms with Gasteiger partial charge in [-0.2, -0.15) is 4.98 Å². The summed E-state index contributed by atoms with van der Waals surface area (Å²) in [7, 11) is 1.65. The zero-order chi connectivity index (χ0) is 14.1. The monoisotopic (exact) mass is 270 g/mol. The Labute approximate surface area is 118 Å². The van der Waals surface area contributed by atoms with Crippen LogP contribution in [-0.4, -0.2) is 17.1 Å². The van der Waals surface area contributed by atoms with Gasteiger partial charge in [0.1, 0.15) is 11.6 Å². The second-order valence-corrected chi connectivity index (χ2v) is 5.09. The fourth-order valence-electron chi connectivity index (χ4n) is 2.57. The Hall–Kier alpha value is -2.30. The molecule has 0 amide bonds. The Balaban J connectivity index is 2.10. The van der Waals surface area contributed by atoms with Crippen LogP contribution >= 0.6 is 0 Å². The quantitative estimate of drug-likeness (QED) is 0.895. The number of hydrogen-bond acceptors (Lipinski definition) is 5. The number of nitrogen functional groups attached to an aromatic ring is 2. The molecular weight excluding hydrogens is 252 g/mol. The maximum absolute atomic E-state index is 6.07. The second-order valence-electron chi connectivity index (χ2n) is 5.09. The molecule has 0 radical (unpaired) electrons. The van der Waals surface area contributed by atoms with Gasteiger partial charge in [-0.05, 0) is 43.0 Å². The zero-order valence-corrected chi connectivity index (χ0v) is 11.5. The van der Waals surface area contributed by atoms with Gasteiger partial charge in [0, 0.05) is 11.1 Å². The minimum absolute atomic E-state index is 0.219. The lowest BCUT2D eigenvalue weighted by Crippen LogP contribution is -2.15. The Morgan fingerprint density at radius 3 is 2.35 bits per heavy atom. The number of hydrogen-bond donors (Lipinski definition) is 2. The van der Waals surface area contributed by atoms with Crippen molar-refractivity contribution in [2.75, 3.05) is 18.6 Å². The molecule has 0 bridgehead atoms. The van der Waals surface area contributed by atoms with Crippen LogP contribution in [0.25, 0.3) is 11.3 Å². The number of anilines is 2. The third kappa shape index (κ3) is 2.15. The smallest absolute Gasteiger partial charge is 0.222 e. The van der Waals surface area contributed by atoms with Crippen LogP contribution in [0.1, 0.15) is 30.7 Å². The maximum atomic E-state index is 6.07. The number of rotatable bonds is 3. The van der Waals surface area contributed by atoms with Crippen LogP contribution < -0.4 is 16.2 Å². The van der Waals surface area contributed by atoms with Crippen molar-refractivity contribution < 1.29 is 4.74 Å². The van der Waals surface area contributed by atoms with E-state index >= 15 is 0 Å². The van der Waals surface area contributed by atoms with Crippen LogP contribution in [0.15, 0.2) is 24.3 Å². The molecule has 0 atom stereocenters. The molecule has 0 saturated heterocycles. The minimum Gasteiger partial charge on any atom is -0.497 e. The highest BCUT2D eigenvalue weighted by atomic mass is 16.5. The van der Waals surface area contributed by atoms with Crippen molar-refractivity contribution in [3.8, 4) is 17.0 Å². The zero-order valence-electron chi connectivity index (χ0n) is 11.5. The van der Waals surface area contributed by atoms with Gasteiger partial charge in [0.25, 0.3) is 0 Å². The average Bonchev–Trinajstić information content (AvgIpc) is 2.39. The SMILES string of the molecule is COc1ccc(-c2nc(N)nc(N)c2C2CCC2)cc1. The summed E-state index contributed by atoms with van der Waals surface area (Å²) in [5, 5.41) is 0. The normalized spacial score (nSPS) is 14.8. The first-order valence-electron chi connectivity index (χ1n) is 6.76. The van der Waals surface area contributed by atoms with Crippen molar-refractivity contribution in [2.24, 2.45) is 0 Å². The van der Waals surface area contributed by atoms with Gasteiger partial charge in [0.05, 0.1) is 12.8 Å². The molecule has 1 aliphatic rings. The van der Waals surface area contributed by atoms with Crippen LogP contribution in [0.2, 0.25) is 0 Å². The molecule has 3 rings (SSSR count). The van der Waals surface area contributed by atoms with Gasteiger partial charge in [0.15, 0.2) is 0 Å². The molecule has 0 spiro atoms. The van der Waals surface area contributed by atoms with Gasteiger partial charge in [-0.3, -0.25) is 0 Å². The summed E-state index contributed by atoms with van der Waals surface area (Å²) in [6.07, 6.45) is 3.51. The number of methoxy groups -OCH3 is 1. The lowest BCUT2D eigenvalue weighted by molar-refractivity contribution is 0.415. The van der Waals surface area contributed by atoms with Crippen molar-refractivity contribution >= 4 is 11.8 Å². The summed E-state index contributed by atoms with van der Waals surface area (Å²) in [6.45, 7) is 0. The molecule has 0 unspecified atom stereocenters. The van der Waals surface area contributed by atoms with Crippen molar-refractivity contribution in [3.63, 3.8) is 0 Å². The fraction of sp³-hybridized carbons (Fsp3) is 0.333. The number of benzene rings is 1. The van der Waals surface area contributed by atoms with Crippen LogP contribution in [0.4, 0.5) is 11.8 Å². The van der Waals surface area contributed by atoms with Crippen molar-refractivity contribution in [1.82, 2.24) is 9.97 Å². The Bertz CT molecular complexity index is 621. The lowest BCUT2D eigenvalue weighted by atomic mass is 9.78. The van der Waals surface area contributed by atoms with E-state index in [-0.39, 0.29) is 5.95 Å². The summed E-state index contributed by atoms with van der Waals surface area (Å²) in [4.78, 5) is 8.52. The van der Waals surface area contributed by atoms with Gasteiger partial charge >= 0.3 is 0 Å². The van der Waals surface area contributed by atoms with E-state index in [1.54, 1.807) is 7.11 Å². The highest BCUT2D eigenvalue weighted by Gasteiger charge is 2.27. The van der Waals surface area contributed by atoms with Crippen molar-refractivity contribution in [3.05, 3.63) is 29.8 Å². The largest absolute Gasteiger partial charge is 0.497 e. The van der Waals surface area contributed by atoms with Crippen LogP contribution in [0.5, 0.6) is 5.75 Å². The fourth-order valence-corrected chi connectivity index (χ4v) is 2.57. The van der Waals surface area contributed by atoms with Crippen molar-refractivity contribution in [1.29, 1.82) is 0 Å². The molecule has 1 fully saturated rings.